The Labute approximate surface area is 186 Å². The molecule has 0 radical (unpaired) electrons. The molecule has 0 unspecified atom stereocenters. The van der Waals surface area contributed by atoms with Crippen LogP contribution in [0.15, 0.2) is 46.5 Å². The molecule has 31 heavy (non-hydrogen) atoms. The van der Waals surface area contributed by atoms with Crippen molar-refractivity contribution in [3.8, 4) is 10.8 Å². The summed E-state index contributed by atoms with van der Waals surface area (Å²) in [6.07, 6.45) is 4.69. The number of carbonyl (C=O) groups is 1. The summed E-state index contributed by atoms with van der Waals surface area (Å²) in [6.45, 7) is 7.61. The van der Waals surface area contributed by atoms with Crippen LogP contribution in [0, 0.1) is 6.92 Å². The van der Waals surface area contributed by atoms with Gasteiger partial charge in [-0.15, -0.1) is 11.3 Å². The van der Waals surface area contributed by atoms with Crippen LogP contribution in [0.4, 0.5) is 0 Å². The number of oxazole rings is 1. The molecule has 0 saturated carbocycles. The molecule has 0 N–H and O–H groups in total. The van der Waals surface area contributed by atoms with Gasteiger partial charge in [0.2, 0.25) is 11.8 Å². The largest absolute Gasteiger partial charge is 0.440 e. The molecule has 0 aliphatic carbocycles. The Morgan fingerprint density at radius 2 is 2.03 bits per heavy atom. The minimum Gasteiger partial charge on any atom is -0.440 e. The van der Waals surface area contributed by atoms with E-state index < -0.39 is 0 Å². The van der Waals surface area contributed by atoms with Gasteiger partial charge in [0, 0.05) is 45.1 Å². The van der Waals surface area contributed by atoms with Crippen molar-refractivity contribution in [2.45, 2.75) is 26.3 Å². The first-order valence-corrected chi connectivity index (χ1v) is 11.5. The van der Waals surface area contributed by atoms with Crippen molar-refractivity contribution >= 4 is 17.2 Å². The number of rotatable bonds is 9. The highest BCUT2D eigenvalue weighted by atomic mass is 32.1. The molecule has 4 heterocycles. The summed E-state index contributed by atoms with van der Waals surface area (Å²) in [4.78, 5) is 27.2. The summed E-state index contributed by atoms with van der Waals surface area (Å²) in [5.41, 5.74) is 1.78. The van der Waals surface area contributed by atoms with E-state index in [1.165, 1.54) is 0 Å². The Morgan fingerprint density at radius 3 is 2.77 bits per heavy atom. The molecule has 0 bridgehead atoms. The zero-order valence-electron chi connectivity index (χ0n) is 17.8. The maximum absolute atomic E-state index is 13.2. The number of hydrogen-bond acceptors (Lipinski definition) is 7. The fourth-order valence-electron chi connectivity index (χ4n) is 3.66. The van der Waals surface area contributed by atoms with Gasteiger partial charge in [0.15, 0.2) is 0 Å². The first-order valence-electron chi connectivity index (χ1n) is 10.7. The lowest BCUT2D eigenvalue weighted by Crippen LogP contribution is -2.39. The highest BCUT2D eigenvalue weighted by Gasteiger charge is 2.20. The van der Waals surface area contributed by atoms with E-state index in [1.54, 1.807) is 23.7 Å². The molecular formula is C23H28N4O3S. The highest BCUT2D eigenvalue weighted by molar-refractivity contribution is 7.13. The van der Waals surface area contributed by atoms with Crippen molar-refractivity contribution in [3.05, 3.63) is 59.1 Å². The number of morpholine rings is 1. The average molecular weight is 441 g/mol. The van der Waals surface area contributed by atoms with Gasteiger partial charge in [0.1, 0.15) is 5.76 Å². The fourth-order valence-corrected chi connectivity index (χ4v) is 4.31. The van der Waals surface area contributed by atoms with Crippen LogP contribution in [0.2, 0.25) is 0 Å². The van der Waals surface area contributed by atoms with Crippen molar-refractivity contribution in [1.29, 1.82) is 0 Å². The minimum absolute atomic E-state index is 0.0629. The second kappa shape index (κ2) is 10.7. The Balaban J connectivity index is 1.41. The predicted molar refractivity (Wildman–Crippen MR) is 120 cm³/mol. The van der Waals surface area contributed by atoms with E-state index in [1.807, 2.05) is 41.5 Å². The number of aryl methyl sites for hydroxylation is 1. The molecule has 0 spiro atoms. The molecule has 3 aromatic heterocycles. The molecule has 164 valence electrons. The second-order valence-corrected chi connectivity index (χ2v) is 8.60. The van der Waals surface area contributed by atoms with Crippen molar-refractivity contribution in [2.75, 3.05) is 39.4 Å². The van der Waals surface area contributed by atoms with Crippen LogP contribution in [-0.4, -0.2) is 65.1 Å². The molecule has 1 amide bonds. The van der Waals surface area contributed by atoms with Crippen molar-refractivity contribution in [1.82, 2.24) is 19.8 Å². The summed E-state index contributed by atoms with van der Waals surface area (Å²) in [5.74, 6) is 1.35. The van der Waals surface area contributed by atoms with Crippen LogP contribution >= 0.6 is 11.3 Å². The molecule has 3 aromatic rings. The monoisotopic (exact) mass is 440 g/mol. The standard InChI is InChI=1S/C23H28N4O3S/c1-18-20(25-23(30-18)21-4-2-15-31-21)16-22(28)27(17-19-5-7-24-8-6-19)10-3-9-26-11-13-29-14-12-26/h2,4-8,15H,3,9-14,16-17H2,1H3. The first-order chi connectivity index (χ1) is 15.2. The topological polar surface area (TPSA) is 71.7 Å². The smallest absolute Gasteiger partial charge is 0.236 e. The lowest BCUT2D eigenvalue weighted by molar-refractivity contribution is -0.131. The Bertz CT molecular complexity index is 953. The number of amides is 1. The molecule has 0 aromatic carbocycles. The van der Waals surface area contributed by atoms with E-state index in [0.717, 1.165) is 49.7 Å². The number of carbonyl (C=O) groups excluding carboxylic acids is 1. The van der Waals surface area contributed by atoms with Crippen molar-refractivity contribution in [2.24, 2.45) is 0 Å². The van der Waals surface area contributed by atoms with Gasteiger partial charge in [-0.1, -0.05) is 6.07 Å². The van der Waals surface area contributed by atoms with Crippen LogP contribution in [0.3, 0.4) is 0 Å². The third-order valence-corrected chi connectivity index (χ3v) is 6.28. The van der Waals surface area contributed by atoms with Crippen LogP contribution in [0.25, 0.3) is 10.8 Å². The van der Waals surface area contributed by atoms with Gasteiger partial charge < -0.3 is 14.1 Å². The van der Waals surface area contributed by atoms with Crippen LogP contribution < -0.4 is 0 Å². The van der Waals surface area contributed by atoms with Crippen LogP contribution in [0.1, 0.15) is 23.4 Å². The zero-order valence-corrected chi connectivity index (χ0v) is 18.6. The number of ether oxygens (including phenoxy) is 1. The average Bonchev–Trinajstić information content (AvgIpc) is 3.45. The van der Waals surface area contributed by atoms with E-state index in [2.05, 4.69) is 14.9 Å². The summed E-state index contributed by atoms with van der Waals surface area (Å²) >= 11 is 1.58. The number of hydrogen-bond donors (Lipinski definition) is 0. The Kier molecular flexibility index (Phi) is 7.45. The predicted octanol–water partition coefficient (Wildman–Crippen LogP) is 3.40. The second-order valence-electron chi connectivity index (χ2n) is 7.65. The molecular weight excluding hydrogens is 412 g/mol. The molecule has 8 heteroatoms. The van der Waals surface area contributed by atoms with Gasteiger partial charge in [-0.2, -0.15) is 0 Å². The van der Waals surface area contributed by atoms with Crippen molar-refractivity contribution < 1.29 is 13.9 Å². The summed E-state index contributed by atoms with van der Waals surface area (Å²) in [7, 11) is 0. The third-order valence-electron chi connectivity index (χ3n) is 5.42. The van der Waals surface area contributed by atoms with Gasteiger partial charge in [-0.3, -0.25) is 14.7 Å². The molecule has 1 saturated heterocycles. The SMILES string of the molecule is Cc1oc(-c2cccs2)nc1CC(=O)N(CCCN1CCOCC1)Cc1ccncc1. The first kappa shape index (κ1) is 21.7. The number of aromatic nitrogens is 2. The Morgan fingerprint density at radius 1 is 1.23 bits per heavy atom. The third kappa shape index (κ3) is 6.00. The number of pyridine rings is 1. The van der Waals surface area contributed by atoms with E-state index in [-0.39, 0.29) is 12.3 Å². The summed E-state index contributed by atoms with van der Waals surface area (Å²) < 4.78 is 11.2. The molecule has 0 atom stereocenters. The number of thiophene rings is 1. The molecule has 4 rings (SSSR count). The fraction of sp³-hybridized carbons (Fsp3) is 0.435. The van der Waals surface area contributed by atoms with Crippen LogP contribution in [0.5, 0.6) is 0 Å². The van der Waals surface area contributed by atoms with Gasteiger partial charge in [-0.25, -0.2) is 4.98 Å². The molecule has 1 fully saturated rings. The lowest BCUT2D eigenvalue weighted by atomic mass is 10.2. The maximum Gasteiger partial charge on any atom is 0.236 e. The van der Waals surface area contributed by atoms with Gasteiger partial charge in [-0.05, 0) is 42.5 Å². The molecule has 7 nitrogen and oxygen atoms in total. The molecule has 1 aliphatic rings. The van der Waals surface area contributed by atoms with Gasteiger partial charge in [0.05, 0.1) is 30.2 Å². The van der Waals surface area contributed by atoms with E-state index in [4.69, 9.17) is 9.15 Å². The normalized spacial score (nSPS) is 14.6. The number of nitrogens with zero attached hydrogens (tertiary/aromatic N) is 4. The molecule has 1 aliphatic heterocycles. The minimum atomic E-state index is 0.0629. The van der Waals surface area contributed by atoms with Crippen molar-refractivity contribution in [3.63, 3.8) is 0 Å². The quantitative estimate of drug-likeness (QED) is 0.508. The van der Waals surface area contributed by atoms with E-state index in [9.17, 15) is 4.79 Å². The summed E-state index contributed by atoms with van der Waals surface area (Å²) in [6, 6.07) is 7.86. The maximum atomic E-state index is 13.2. The summed E-state index contributed by atoms with van der Waals surface area (Å²) in [5, 5.41) is 1.99. The Hall–Kier alpha value is -2.55. The highest BCUT2D eigenvalue weighted by Crippen LogP contribution is 2.26. The van der Waals surface area contributed by atoms with Crippen LogP contribution in [-0.2, 0) is 22.5 Å². The van der Waals surface area contributed by atoms with Gasteiger partial charge in [0.25, 0.3) is 0 Å². The lowest BCUT2D eigenvalue weighted by Gasteiger charge is -2.28. The zero-order chi connectivity index (χ0) is 21.5. The van der Waals surface area contributed by atoms with E-state index >= 15 is 0 Å². The van der Waals surface area contributed by atoms with E-state index in [0.29, 0.717) is 30.4 Å². The van der Waals surface area contributed by atoms with Gasteiger partial charge >= 0.3 is 0 Å².